The number of hydrogen-bond acceptors (Lipinski definition) is 6. The summed E-state index contributed by atoms with van der Waals surface area (Å²) in [5.74, 6) is -0.0190. The molecule has 3 rings (SSSR count). The Bertz CT molecular complexity index is 1140. The van der Waals surface area contributed by atoms with Gasteiger partial charge >= 0.3 is 5.97 Å². The fourth-order valence-corrected chi connectivity index (χ4v) is 2.97. The number of esters is 1. The molecule has 170 valence electrons. The van der Waals surface area contributed by atoms with Crippen molar-refractivity contribution in [1.29, 1.82) is 0 Å². The van der Waals surface area contributed by atoms with Crippen LogP contribution in [0.1, 0.15) is 34.0 Å². The monoisotopic (exact) mass is 445 g/mol. The summed E-state index contributed by atoms with van der Waals surface area (Å²) < 4.78 is 11.1. The fraction of sp³-hybridized carbons (Fsp3) is 0.192. The molecule has 0 radical (unpaired) electrons. The summed E-state index contributed by atoms with van der Waals surface area (Å²) in [7, 11) is 0. The van der Waals surface area contributed by atoms with E-state index in [0.29, 0.717) is 29.2 Å². The van der Waals surface area contributed by atoms with Crippen LogP contribution in [0.5, 0.6) is 11.5 Å². The van der Waals surface area contributed by atoms with Crippen molar-refractivity contribution in [3.63, 3.8) is 0 Å². The van der Waals surface area contributed by atoms with E-state index in [1.54, 1.807) is 30.3 Å². The highest BCUT2D eigenvalue weighted by Crippen LogP contribution is 2.29. The van der Waals surface area contributed by atoms with Crippen molar-refractivity contribution in [3.8, 4) is 11.5 Å². The predicted molar refractivity (Wildman–Crippen MR) is 129 cm³/mol. The molecule has 7 heteroatoms. The number of hydrazone groups is 1. The Morgan fingerprint density at radius 3 is 2.45 bits per heavy atom. The summed E-state index contributed by atoms with van der Waals surface area (Å²) in [6, 6.07) is 19.9. The largest absolute Gasteiger partial charge is 0.490 e. The number of benzene rings is 3. The number of carbonyl (C=O) groups is 2. The van der Waals surface area contributed by atoms with Crippen molar-refractivity contribution in [1.82, 2.24) is 5.43 Å². The Labute approximate surface area is 193 Å². The number of aryl methyl sites for hydroxylation is 2. The van der Waals surface area contributed by atoms with Gasteiger partial charge in [0.2, 0.25) is 0 Å². The van der Waals surface area contributed by atoms with E-state index in [0.717, 1.165) is 16.8 Å². The lowest BCUT2D eigenvalue weighted by molar-refractivity contribution is -0.119. The van der Waals surface area contributed by atoms with Gasteiger partial charge in [-0.3, -0.25) is 4.79 Å². The lowest BCUT2D eigenvalue weighted by atomic mass is 10.1. The lowest BCUT2D eigenvalue weighted by Gasteiger charge is -2.11. The molecule has 0 atom stereocenters. The van der Waals surface area contributed by atoms with Crippen LogP contribution in [-0.4, -0.2) is 31.2 Å². The highest BCUT2D eigenvalue weighted by atomic mass is 16.6. The number of ether oxygens (including phenoxy) is 2. The second-order valence-corrected chi connectivity index (χ2v) is 7.36. The second-order valence-electron chi connectivity index (χ2n) is 7.36. The van der Waals surface area contributed by atoms with E-state index in [9.17, 15) is 9.59 Å². The maximum atomic E-state index is 12.4. The number of nitrogens with one attached hydrogen (secondary N) is 2. The van der Waals surface area contributed by atoms with E-state index in [2.05, 4.69) is 15.8 Å². The highest BCUT2D eigenvalue weighted by Gasteiger charge is 2.13. The van der Waals surface area contributed by atoms with E-state index in [-0.39, 0.29) is 12.5 Å². The van der Waals surface area contributed by atoms with Gasteiger partial charge in [-0.2, -0.15) is 5.10 Å². The molecule has 33 heavy (non-hydrogen) atoms. The van der Waals surface area contributed by atoms with Crippen LogP contribution in [0.3, 0.4) is 0 Å². The van der Waals surface area contributed by atoms with Crippen LogP contribution in [-0.2, 0) is 4.79 Å². The average molecular weight is 446 g/mol. The molecule has 0 fully saturated rings. The third-order valence-corrected chi connectivity index (χ3v) is 4.74. The van der Waals surface area contributed by atoms with Gasteiger partial charge in [-0.15, -0.1) is 0 Å². The topological polar surface area (TPSA) is 89.0 Å². The minimum Gasteiger partial charge on any atom is -0.490 e. The summed E-state index contributed by atoms with van der Waals surface area (Å²) in [4.78, 5) is 24.5. The van der Waals surface area contributed by atoms with Crippen LogP contribution in [0, 0.1) is 13.8 Å². The first-order chi connectivity index (χ1) is 16.0. The average Bonchev–Trinajstić information content (AvgIpc) is 2.80. The molecule has 2 N–H and O–H groups in total. The molecule has 0 heterocycles. The fourth-order valence-electron chi connectivity index (χ4n) is 2.97. The Hall–Kier alpha value is -4.13. The van der Waals surface area contributed by atoms with Crippen molar-refractivity contribution in [2.24, 2.45) is 5.10 Å². The van der Waals surface area contributed by atoms with Crippen LogP contribution in [0.25, 0.3) is 0 Å². The van der Waals surface area contributed by atoms with Crippen LogP contribution in [0.2, 0.25) is 0 Å². The summed E-state index contributed by atoms with van der Waals surface area (Å²) in [6.07, 6.45) is 1.50. The van der Waals surface area contributed by atoms with Crippen molar-refractivity contribution in [3.05, 3.63) is 89.0 Å². The van der Waals surface area contributed by atoms with E-state index in [1.807, 2.05) is 57.2 Å². The zero-order chi connectivity index (χ0) is 23.6. The second kappa shape index (κ2) is 11.5. The van der Waals surface area contributed by atoms with Gasteiger partial charge in [0, 0.05) is 5.69 Å². The Morgan fingerprint density at radius 2 is 1.73 bits per heavy atom. The van der Waals surface area contributed by atoms with Gasteiger partial charge in [0.15, 0.2) is 11.5 Å². The molecule has 3 aromatic carbocycles. The van der Waals surface area contributed by atoms with Gasteiger partial charge in [0.25, 0.3) is 5.91 Å². The van der Waals surface area contributed by atoms with Gasteiger partial charge in [-0.05, 0) is 68.3 Å². The van der Waals surface area contributed by atoms with Crippen LogP contribution >= 0.6 is 0 Å². The zero-order valence-corrected chi connectivity index (χ0v) is 18.9. The minimum absolute atomic E-state index is 0.0975. The number of hydrogen-bond donors (Lipinski definition) is 2. The number of para-hydroxylation sites is 1. The predicted octanol–water partition coefficient (Wildman–Crippen LogP) is 4.48. The molecular formula is C26H27N3O4. The van der Waals surface area contributed by atoms with E-state index >= 15 is 0 Å². The maximum Gasteiger partial charge on any atom is 0.343 e. The molecule has 0 aliphatic rings. The normalized spacial score (nSPS) is 10.6. The number of anilines is 1. The first kappa shape index (κ1) is 23.5. The molecule has 0 aromatic heterocycles. The van der Waals surface area contributed by atoms with E-state index < -0.39 is 5.97 Å². The van der Waals surface area contributed by atoms with Gasteiger partial charge in [-0.25, -0.2) is 10.2 Å². The molecule has 0 aliphatic carbocycles. The number of rotatable bonds is 9. The summed E-state index contributed by atoms with van der Waals surface area (Å²) >= 11 is 0. The molecule has 0 aliphatic heterocycles. The first-order valence-corrected chi connectivity index (χ1v) is 10.6. The van der Waals surface area contributed by atoms with Crippen LogP contribution in [0.15, 0.2) is 71.8 Å². The number of amides is 1. The molecule has 0 bridgehead atoms. The molecule has 3 aromatic rings. The van der Waals surface area contributed by atoms with Gasteiger partial charge in [-0.1, -0.05) is 35.9 Å². The van der Waals surface area contributed by atoms with Crippen molar-refractivity contribution >= 4 is 23.8 Å². The SMILES string of the molecule is CCOc1cc(/C=N\NC(=O)CNc2ccccc2C)ccc1OC(=O)c1ccc(C)cc1. The van der Waals surface area contributed by atoms with Crippen molar-refractivity contribution in [2.45, 2.75) is 20.8 Å². The molecule has 0 saturated heterocycles. The smallest absolute Gasteiger partial charge is 0.343 e. The minimum atomic E-state index is -0.467. The van der Waals surface area contributed by atoms with E-state index in [1.165, 1.54) is 6.21 Å². The quantitative estimate of drug-likeness (QED) is 0.219. The van der Waals surface area contributed by atoms with Crippen molar-refractivity contribution in [2.75, 3.05) is 18.5 Å². The molecule has 7 nitrogen and oxygen atoms in total. The molecular weight excluding hydrogens is 418 g/mol. The molecule has 0 unspecified atom stereocenters. The van der Waals surface area contributed by atoms with E-state index in [4.69, 9.17) is 9.47 Å². The Morgan fingerprint density at radius 1 is 0.970 bits per heavy atom. The summed E-state index contributed by atoms with van der Waals surface area (Å²) in [5, 5.41) is 7.07. The first-order valence-electron chi connectivity index (χ1n) is 10.6. The maximum absolute atomic E-state index is 12.4. The molecule has 0 saturated carbocycles. The van der Waals surface area contributed by atoms with Gasteiger partial charge in [0.1, 0.15) is 0 Å². The van der Waals surface area contributed by atoms with Crippen LogP contribution < -0.4 is 20.2 Å². The molecule has 1 amide bonds. The van der Waals surface area contributed by atoms with Gasteiger partial charge < -0.3 is 14.8 Å². The Balaban J connectivity index is 1.60. The third-order valence-electron chi connectivity index (χ3n) is 4.74. The highest BCUT2D eigenvalue weighted by molar-refractivity contribution is 5.91. The number of nitrogens with zero attached hydrogens (tertiary/aromatic N) is 1. The summed E-state index contributed by atoms with van der Waals surface area (Å²) in [6.45, 7) is 6.26. The zero-order valence-electron chi connectivity index (χ0n) is 18.9. The summed E-state index contributed by atoms with van der Waals surface area (Å²) in [5.41, 5.74) is 6.63. The van der Waals surface area contributed by atoms with Crippen LogP contribution in [0.4, 0.5) is 5.69 Å². The molecule has 0 spiro atoms. The van der Waals surface area contributed by atoms with Gasteiger partial charge in [0.05, 0.1) is 24.9 Å². The Kier molecular flexibility index (Phi) is 8.18. The third kappa shape index (κ3) is 6.93. The van der Waals surface area contributed by atoms with Crippen molar-refractivity contribution < 1.29 is 19.1 Å². The lowest BCUT2D eigenvalue weighted by Crippen LogP contribution is -2.26. The number of carbonyl (C=O) groups excluding carboxylic acids is 2. The standard InChI is InChI=1S/C26H27N3O4/c1-4-32-24-15-20(11-14-23(24)33-26(31)21-12-9-18(2)10-13-21)16-28-29-25(30)17-27-22-8-6-5-7-19(22)3/h5-16,27H,4,17H2,1-3H3,(H,29,30)/b28-16-.